The Morgan fingerprint density at radius 2 is 2.18 bits per heavy atom. The molecule has 0 aliphatic heterocycles. The second kappa shape index (κ2) is 7.11. The number of nitrogens with one attached hydrogen (secondary N) is 1. The van der Waals surface area contributed by atoms with E-state index in [2.05, 4.69) is 15.3 Å². The molecule has 0 saturated carbocycles. The number of alkyl halides is 2. The summed E-state index contributed by atoms with van der Waals surface area (Å²) < 4.78 is 28.5. The summed E-state index contributed by atoms with van der Waals surface area (Å²) in [6.45, 7) is 1.67. The lowest BCUT2D eigenvalue weighted by Crippen LogP contribution is -2.10. The van der Waals surface area contributed by atoms with Crippen LogP contribution < -0.4 is 5.32 Å². The molecule has 0 amide bonds. The molecule has 1 aromatic rings. The van der Waals surface area contributed by atoms with Crippen molar-refractivity contribution in [1.29, 1.82) is 0 Å². The molecule has 1 aromatic heterocycles. The maximum absolute atomic E-state index is 11.8. The van der Waals surface area contributed by atoms with Crippen molar-refractivity contribution in [1.82, 2.24) is 9.97 Å². The monoisotopic (exact) mass is 245 g/mol. The average molecular weight is 245 g/mol. The van der Waals surface area contributed by atoms with E-state index in [0.717, 1.165) is 17.9 Å². The van der Waals surface area contributed by atoms with Gasteiger partial charge in [-0.3, -0.25) is 0 Å². The first-order valence-corrected chi connectivity index (χ1v) is 5.56. The lowest BCUT2D eigenvalue weighted by molar-refractivity contribution is 0.0183. The Bertz CT molecular complexity index is 325. The van der Waals surface area contributed by atoms with Crippen LogP contribution in [0, 0.1) is 0 Å². The van der Waals surface area contributed by atoms with E-state index in [4.69, 9.17) is 4.74 Å². The molecule has 17 heavy (non-hydrogen) atoms. The third-order valence-electron chi connectivity index (χ3n) is 2.16. The molecule has 0 atom stereocenters. The second-order valence-electron chi connectivity index (χ2n) is 3.48. The van der Waals surface area contributed by atoms with Gasteiger partial charge in [-0.2, -0.15) is 0 Å². The summed E-state index contributed by atoms with van der Waals surface area (Å²) in [5, 5.41) is 2.94. The van der Waals surface area contributed by atoms with E-state index in [1.165, 1.54) is 0 Å². The molecule has 0 radical (unpaired) electrons. The molecule has 0 spiro atoms. The Kier molecular flexibility index (Phi) is 5.76. The van der Waals surface area contributed by atoms with E-state index in [9.17, 15) is 8.78 Å². The van der Waals surface area contributed by atoms with Gasteiger partial charge in [0, 0.05) is 25.2 Å². The van der Waals surface area contributed by atoms with Crippen molar-refractivity contribution in [3.63, 3.8) is 0 Å². The number of aromatic nitrogens is 2. The van der Waals surface area contributed by atoms with E-state index in [0.29, 0.717) is 12.2 Å². The van der Waals surface area contributed by atoms with Gasteiger partial charge in [0.25, 0.3) is 6.43 Å². The lowest BCUT2D eigenvalue weighted by atomic mass is 10.3. The zero-order valence-electron chi connectivity index (χ0n) is 10.0. The molecule has 0 aliphatic rings. The zero-order chi connectivity index (χ0) is 12.7. The van der Waals surface area contributed by atoms with Crippen molar-refractivity contribution in [3.8, 4) is 0 Å². The highest BCUT2D eigenvalue weighted by molar-refractivity contribution is 5.35. The molecule has 0 aliphatic carbocycles. The average Bonchev–Trinajstić information content (AvgIpc) is 2.34. The summed E-state index contributed by atoms with van der Waals surface area (Å²) in [5.41, 5.74) is 0.924. The number of rotatable bonds is 7. The zero-order valence-corrected chi connectivity index (χ0v) is 10.0. The first kappa shape index (κ1) is 13.8. The van der Waals surface area contributed by atoms with Crippen LogP contribution in [0.25, 0.3) is 0 Å². The minimum absolute atomic E-state index is 0.209. The molecule has 0 unspecified atom stereocenters. The number of anilines is 1. The molecule has 4 nitrogen and oxygen atoms in total. The Hall–Kier alpha value is -1.30. The van der Waals surface area contributed by atoms with Crippen LogP contribution in [-0.4, -0.2) is 36.7 Å². The second-order valence-corrected chi connectivity index (χ2v) is 3.48. The fourth-order valence-electron chi connectivity index (χ4n) is 1.31. The summed E-state index contributed by atoms with van der Waals surface area (Å²) in [5.74, 6) is 1.35. The molecule has 96 valence electrons. The maximum atomic E-state index is 11.8. The summed E-state index contributed by atoms with van der Waals surface area (Å²) in [4.78, 5) is 8.52. The molecule has 6 heteroatoms. The number of hydrogen-bond donors (Lipinski definition) is 1. The molecule has 0 saturated heterocycles. The molecular formula is C11H17F2N3O. The molecule has 1 N–H and O–H groups in total. The van der Waals surface area contributed by atoms with Crippen molar-refractivity contribution in [2.45, 2.75) is 26.2 Å². The van der Waals surface area contributed by atoms with Crippen LogP contribution in [0.2, 0.25) is 0 Å². The number of ether oxygens (including phenoxy) is 1. The number of nitrogens with zero attached hydrogens (tertiary/aromatic N) is 2. The van der Waals surface area contributed by atoms with Crippen LogP contribution in [0.1, 0.15) is 18.4 Å². The molecule has 1 heterocycles. The molecule has 1 rings (SSSR count). The van der Waals surface area contributed by atoms with E-state index in [1.54, 1.807) is 7.05 Å². The van der Waals surface area contributed by atoms with Crippen molar-refractivity contribution in [3.05, 3.63) is 17.6 Å². The van der Waals surface area contributed by atoms with Crippen LogP contribution in [0.5, 0.6) is 0 Å². The Labute approximate surface area is 99.4 Å². The van der Waals surface area contributed by atoms with Crippen LogP contribution in [0.3, 0.4) is 0 Å². The highest BCUT2D eigenvalue weighted by Gasteiger charge is 2.05. The van der Waals surface area contributed by atoms with Crippen molar-refractivity contribution < 1.29 is 13.5 Å². The van der Waals surface area contributed by atoms with Crippen LogP contribution in [0.4, 0.5) is 14.6 Å². The topological polar surface area (TPSA) is 47.0 Å². The number of aryl methyl sites for hydroxylation is 1. The highest BCUT2D eigenvalue weighted by Crippen LogP contribution is 2.07. The Morgan fingerprint density at radius 3 is 2.76 bits per heavy atom. The first-order valence-electron chi connectivity index (χ1n) is 5.56. The van der Waals surface area contributed by atoms with Gasteiger partial charge in [0.05, 0.1) is 6.61 Å². The normalized spacial score (nSPS) is 10.9. The van der Waals surface area contributed by atoms with Crippen molar-refractivity contribution >= 4 is 5.82 Å². The molecule has 0 fully saturated rings. The van der Waals surface area contributed by atoms with Crippen LogP contribution in [-0.2, 0) is 17.6 Å². The smallest absolute Gasteiger partial charge is 0.261 e. The van der Waals surface area contributed by atoms with Gasteiger partial charge in [-0.05, 0) is 6.42 Å². The fourth-order valence-corrected chi connectivity index (χ4v) is 1.31. The quantitative estimate of drug-likeness (QED) is 0.745. The standard InChI is InChI=1S/C11H17F2N3O/c1-3-8-6-11(14-2)16-10(15-8)4-5-17-7-9(12)13/h6,9H,3-5,7H2,1-2H3,(H,14,15,16). The van der Waals surface area contributed by atoms with Crippen molar-refractivity contribution in [2.24, 2.45) is 0 Å². The van der Waals surface area contributed by atoms with E-state index in [1.807, 2.05) is 13.0 Å². The summed E-state index contributed by atoms with van der Waals surface area (Å²) in [6, 6.07) is 1.86. The molecular weight excluding hydrogens is 228 g/mol. The van der Waals surface area contributed by atoms with E-state index in [-0.39, 0.29) is 6.61 Å². The predicted molar refractivity (Wildman–Crippen MR) is 61.5 cm³/mol. The van der Waals surface area contributed by atoms with Gasteiger partial charge in [0.1, 0.15) is 18.2 Å². The van der Waals surface area contributed by atoms with Gasteiger partial charge >= 0.3 is 0 Å². The predicted octanol–water partition coefficient (Wildman–Crippen LogP) is 1.90. The SMILES string of the molecule is CCc1cc(NC)nc(CCOCC(F)F)n1. The maximum Gasteiger partial charge on any atom is 0.261 e. The Balaban J connectivity index is 2.51. The summed E-state index contributed by atoms with van der Waals surface area (Å²) in [7, 11) is 1.78. The van der Waals surface area contributed by atoms with Gasteiger partial charge < -0.3 is 10.1 Å². The summed E-state index contributed by atoms with van der Waals surface area (Å²) >= 11 is 0. The molecule has 0 bridgehead atoms. The van der Waals surface area contributed by atoms with Crippen LogP contribution in [0.15, 0.2) is 6.07 Å². The minimum atomic E-state index is -2.43. The fraction of sp³-hybridized carbons (Fsp3) is 0.636. The number of hydrogen-bond acceptors (Lipinski definition) is 4. The Morgan fingerprint density at radius 1 is 1.41 bits per heavy atom. The lowest BCUT2D eigenvalue weighted by Gasteiger charge is -2.07. The molecule has 0 aromatic carbocycles. The van der Waals surface area contributed by atoms with E-state index >= 15 is 0 Å². The third kappa shape index (κ3) is 5.04. The van der Waals surface area contributed by atoms with Gasteiger partial charge in [0.15, 0.2) is 0 Å². The first-order chi connectivity index (χ1) is 8.15. The highest BCUT2D eigenvalue weighted by atomic mass is 19.3. The number of halogens is 2. The van der Waals surface area contributed by atoms with Crippen LogP contribution >= 0.6 is 0 Å². The van der Waals surface area contributed by atoms with Gasteiger partial charge in [-0.1, -0.05) is 6.92 Å². The summed E-state index contributed by atoms with van der Waals surface area (Å²) in [6.07, 6.45) is -1.18. The third-order valence-corrected chi connectivity index (χ3v) is 2.16. The van der Waals surface area contributed by atoms with Gasteiger partial charge in [-0.25, -0.2) is 18.7 Å². The van der Waals surface area contributed by atoms with Gasteiger partial charge in [0.2, 0.25) is 0 Å². The minimum Gasteiger partial charge on any atom is -0.375 e. The van der Waals surface area contributed by atoms with E-state index < -0.39 is 13.0 Å². The van der Waals surface area contributed by atoms with Crippen molar-refractivity contribution in [2.75, 3.05) is 25.6 Å². The van der Waals surface area contributed by atoms with Gasteiger partial charge in [-0.15, -0.1) is 0 Å². The largest absolute Gasteiger partial charge is 0.375 e.